The van der Waals surface area contributed by atoms with Gasteiger partial charge in [0.15, 0.2) is 11.5 Å². The van der Waals surface area contributed by atoms with Crippen LogP contribution in [0.4, 0.5) is 0 Å². The minimum Gasteiger partial charge on any atom is -0.339 e. The molecule has 42 heavy (non-hydrogen) atoms. The number of pyridine rings is 2. The molecular formula is C33H34N8O. The number of aromatic amines is 2. The van der Waals surface area contributed by atoms with Gasteiger partial charge in [-0.3, -0.25) is 14.9 Å². The van der Waals surface area contributed by atoms with Crippen LogP contribution in [0.1, 0.15) is 48.9 Å². The van der Waals surface area contributed by atoms with Crippen LogP contribution >= 0.6 is 0 Å². The Morgan fingerprint density at radius 3 is 2.48 bits per heavy atom. The molecule has 3 N–H and O–H groups in total. The Morgan fingerprint density at radius 2 is 1.67 bits per heavy atom. The van der Waals surface area contributed by atoms with Gasteiger partial charge in [-0.15, -0.1) is 0 Å². The number of carbonyl (C=O) groups is 1. The number of hydrogen-bond acceptors (Lipinski definition) is 6. The predicted molar refractivity (Wildman–Crippen MR) is 166 cm³/mol. The van der Waals surface area contributed by atoms with Crippen molar-refractivity contribution < 1.29 is 4.79 Å². The second-order valence-corrected chi connectivity index (χ2v) is 11.1. The number of nitrogens with one attached hydrogen (secondary N) is 3. The first-order chi connectivity index (χ1) is 20.8. The van der Waals surface area contributed by atoms with Gasteiger partial charge in [-0.25, -0.2) is 9.97 Å². The summed E-state index contributed by atoms with van der Waals surface area (Å²) in [6.07, 6.45) is 13.1. The summed E-state index contributed by atoms with van der Waals surface area (Å²) in [6, 6.07) is 16.0. The maximum Gasteiger partial charge on any atom is 0.256 e. The van der Waals surface area contributed by atoms with Crippen LogP contribution in [-0.4, -0.2) is 67.1 Å². The lowest BCUT2D eigenvalue weighted by Crippen LogP contribution is -2.35. The number of amides is 1. The van der Waals surface area contributed by atoms with E-state index in [-0.39, 0.29) is 5.91 Å². The molecule has 0 atom stereocenters. The number of imidazole rings is 1. The fourth-order valence-corrected chi connectivity index (χ4v) is 5.97. The van der Waals surface area contributed by atoms with Gasteiger partial charge < -0.3 is 15.2 Å². The van der Waals surface area contributed by atoms with E-state index in [1.54, 1.807) is 0 Å². The minimum absolute atomic E-state index is 0.0419. The molecule has 2 aliphatic heterocycles. The smallest absolute Gasteiger partial charge is 0.256 e. The third-order valence-corrected chi connectivity index (χ3v) is 8.22. The molecule has 212 valence electrons. The summed E-state index contributed by atoms with van der Waals surface area (Å²) >= 11 is 0. The van der Waals surface area contributed by atoms with Crippen molar-refractivity contribution in [1.82, 2.24) is 40.3 Å². The molecule has 9 nitrogen and oxygen atoms in total. The molecule has 0 unspecified atom stereocenters. The number of likely N-dealkylation sites (tertiary alicyclic amines) is 1. The summed E-state index contributed by atoms with van der Waals surface area (Å²) in [4.78, 5) is 32.5. The highest BCUT2D eigenvalue weighted by molar-refractivity contribution is 6.06. The minimum atomic E-state index is 0.0419. The van der Waals surface area contributed by atoms with Crippen molar-refractivity contribution in [3.63, 3.8) is 0 Å². The third-order valence-electron chi connectivity index (χ3n) is 8.22. The highest BCUT2D eigenvalue weighted by atomic mass is 16.2. The molecule has 2 aliphatic rings. The number of rotatable bonds is 3. The van der Waals surface area contributed by atoms with Gasteiger partial charge in [0.05, 0.1) is 16.5 Å². The average molecular weight is 559 g/mol. The lowest BCUT2D eigenvalue weighted by atomic mass is 10.0. The number of piperidine rings is 2. The van der Waals surface area contributed by atoms with Crippen LogP contribution in [0.3, 0.4) is 0 Å². The van der Waals surface area contributed by atoms with Crippen molar-refractivity contribution in [3.05, 3.63) is 72.7 Å². The molecule has 6 aromatic rings. The Kier molecular flexibility index (Phi) is 7.32. The van der Waals surface area contributed by atoms with Crippen LogP contribution in [0.5, 0.6) is 0 Å². The number of fused-ring (bicyclic) bond motifs is 3. The van der Waals surface area contributed by atoms with Crippen molar-refractivity contribution in [2.24, 2.45) is 0 Å². The van der Waals surface area contributed by atoms with E-state index in [1.165, 1.54) is 38.8 Å². The molecule has 8 rings (SSSR count). The molecular weight excluding hydrogens is 524 g/mol. The second kappa shape index (κ2) is 11.7. The molecule has 2 aromatic carbocycles. The van der Waals surface area contributed by atoms with Crippen molar-refractivity contribution in [2.45, 2.75) is 38.5 Å². The van der Waals surface area contributed by atoms with E-state index < -0.39 is 0 Å². The summed E-state index contributed by atoms with van der Waals surface area (Å²) in [6.45, 7) is 4.10. The first kappa shape index (κ1) is 26.3. The maximum absolute atomic E-state index is 13.3. The number of hydrogen-bond donors (Lipinski definition) is 3. The van der Waals surface area contributed by atoms with Crippen LogP contribution in [0.25, 0.3) is 55.5 Å². The van der Waals surface area contributed by atoms with E-state index in [9.17, 15) is 4.79 Å². The highest BCUT2D eigenvalue weighted by Gasteiger charge is 2.22. The Balaban J connectivity index is 0.000000430. The standard InChI is InChI=1S/C28H23N7O.C5H11N/c36-28(35-11-4-1-5-12-35)20-9-6-10-23-24(20)32-27(31-23)25-21-13-18(15-30-26(21)34-33-25)22-16-29-14-17-7-2-3-8-19(17)22;1-2-4-6-5-3-1/h2-3,6-10,13-16H,1,4-5,11-12H2,(H,31,32)(H,30,33,34);6H,1-5H2. The summed E-state index contributed by atoms with van der Waals surface area (Å²) < 4.78 is 0. The molecule has 0 radical (unpaired) electrons. The molecule has 6 heterocycles. The third kappa shape index (κ3) is 5.12. The first-order valence-corrected chi connectivity index (χ1v) is 14.9. The number of benzene rings is 2. The normalized spacial score (nSPS) is 15.6. The number of aromatic nitrogens is 6. The molecule has 9 heteroatoms. The van der Waals surface area contributed by atoms with Gasteiger partial charge in [-0.1, -0.05) is 36.8 Å². The fourth-order valence-electron chi connectivity index (χ4n) is 5.97. The van der Waals surface area contributed by atoms with Gasteiger partial charge in [0.2, 0.25) is 0 Å². The number of H-pyrrole nitrogens is 2. The lowest BCUT2D eigenvalue weighted by Gasteiger charge is -2.26. The second-order valence-electron chi connectivity index (χ2n) is 11.1. The van der Waals surface area contributed by atoms with Crippen molar-refractivity contribution in [3.8, 4) is 22.6 Å². The molecule has 0 spiro atoms. The van der Waals surface area contributed by atoms with Crippen LogP contribution in [0.2, 0.25) is 0 Å². The van der Waals surface area contributed by atoms with E-state index >= 15 is 0 Å². The van der Waals surface area contributed by atoms with Gasteiger partial charge in [-0.2, -0.15) is 5.10 Å². The van der Waals surface area contributed by atoms with Crippen molar-refractivity contribution in [1.29, 1.82) is 0 Å². The molecule has 1 amide bonds. The average Bonchev–Trinajstić information content (AvgIpc) is 3.69. The zero-order chi connectivity index (χ0) is 28.3. The lowest BCUT2D eigenvalue weighted by molar-refractivity contribution is 0.0726. The number of carbonyl (C=O) groups excluding carboxylic acids is 1. The zero-order valence-electron chi connectivity index (χ0n) is 23.6. The zero-order valence-corrected chi connectivity index (χ0v) is 23.6. The predicted octanol–water partition coefficient (Wildman–Crippen LogP) is 6.10. The molecule has 0 saturated carbocycles. The van der Waals surface area contributed by atoms with Gasteiger partial charge >= 0.3 is 0 Å². The monoisotopic (exact) mass is 558 g/mol. The van der Waals surface area contributed by atoms with Gasteiger partial charge in [-0.05, 0) is 68.8 Å². The van der Waals surface area contributed by atoms with E-state index in [2.05, 4.69) is 48.7 Å². The van der Waals surface area contributed by atoms with E-state index in [0.29, 0.717) is 22.6 Å². The topological polar surface area (TPSA) is 115 Å². The van der Waals surface area contributed by atoms with Crippen LogP contribution in [0.15, 0.2) is 67.1 Å². The summed E-state index contributed by atoms with van der Waals surface area (Å²) in [5, 5.41) is 13.8. The largest absolute Gasteiger partial charge is 0.339 e. The molecule has 0 bridgehead atoms. The summed E-state index contributed by atoms with van der Waals surface area (Å²) in [7, 11) is 0. The SMILES string of the molecule is C1CCNCC1.O=C(c1cccc2[nH]c(-c3[nH]nc4ncc(-c5cncc6ccccc56)cc34)nc12)N1CCCCC1. The van der Waals surface area contributed by atoms with Crippen molar-refractivity contribution >= 4 is 38.7 Å². The Bertz CT molecular complexity index is 1850. The number of nitrogens with zero attached hydrogens (tertiary/aromatic N) is 5. The van der Waals surface area contributed by atoms with Crippen LogP contribution < -0.4 is 5.32 Å². The van der Waals surface area contributed by atoms with Gasteiger partial charge in [0.25, 0.3) is 5.91 Å². The Hall–Kier alpha value is -4.63. The Morgan fingerprint density at radius 1 is 0.833 bits per heavy atom. The highest BCUT2D eigenvalue weighted by Crippen LogP contribution is 2.32. The molecule has 4 aromatic heterocycles. The van der Waals surface area contributed by atoms with E-state index in [4.69, 9.17) is 4.98 Å². The number of para-hydroxylation sites is 1. The van der Waals surface area contributed by atoms with Crippen LogP contribution in [0, 0.1) is 0 Å². The van der Waals surface area contributed by atoms with Gasteiger partial charge in [0, 0.05) is 48.2 Å². The van der Waals surface area contributed by atoms with E-state index in [1.807, 2.05) is 53.8 Å². The first-order valence-electron chi connectivity index (χ1n) is 14.9. The van der Waals surface area contributed by atoms with E-state index in [0.717, 1.165) is 64.4 Å². The quantitative estimate of drug-likeness (QED) is 0.242. The Labute approximate surface area is 243 Å². The molecule has 2 fully saturated rings. The summed E-state index contributed by atoms with van der Waals surface area (Å²) in [5.74, 6) is 0.668. The molecule has 2 saturated heterocycles. The maximum atomic E-state index is 13.3. The van der Waals surface area contributed by atoms with Crippen molar-refractivity contribution in [2.75, 3.05) is 26.2 Å². The van der Waals surface area contributed by atoms with Gasteiger partial charge in [0.1, 0.15) is 11.2 Å². The van der Waals surface area contributed by atoms with Crippen LogP contribution in [-0.2, 0) is 0 Å². The fraction of sp³-hybridized carbons (Fsp3) is 0.303. The summed E-state index contributed by atoms with van der Waals surface area (Å²) in [5.41, 5.74) is 5.42. The molecule has 0 aliphatic carbocycles.